The van der Waals surface area contributed by atoms with E-state index in [1.54, 1.807) is 12.4 Å². The molecule has 2 heterocycles. The Morgan fingerprint density at radius 1 is 1.12 bits per heavy atom. The lowest BCUT2D eigenvalue weighted by Gasteiger charge is -2.18. The maximum absolute atomic E-state index is 12.4. The average Bonchev–Trinajstić information content (AvgIpc) is 2.67. The second kappa shape index (κ2) is 8.27. The monoisotopic (exact) mass is 412 g/mol. The molecule has 0 saturated heterocycles. The van der Waals surface area contributed by atoms with E-state index in [1.807, 2.05) is 55.1 Å². The van der Waals surface area contributed by atoms with E-state index in [2.05, 4.69) is 31.2 Å². The third-order valence-electron chi connectivity index (χ3n) is 4.28. The van der Waals surface area contributed by atoms with Crippen molar-refractivity contribution in [3.8, 4) is 0 Å². The summed E-state index contributed by atoms with van der Waals surface area (Å²) in [5, 5.41) is 3.40. The quantitative estimate of drug-likeness (QED) is 0.647. The number of rotatable bonds is 6. The normalized spacial score (nSPS) is 10.7. The molecule has 3 rings (SSSR count). The molecule has 0 saturated carbocycles. The fraction of sp³-hybridized carbons (Fsp3) is 0.250. The van der Waals surface area contributed by atoms with Gasteiger partial charge in [-0.25, -0.2) is 0 Å². The second-order valence-electron chi connectivity index (χ2n) is 5.91. The van der Waals surface area contributed by atoms with E-state index in [0.717, 1.165) is 45.4 Å². The minimum atomic E-state index is 0.0735. The summed E-state index contributed by atoms with van der Waals surface area (Å²) in [6.45, 7) is 6.07. The number of carbonyl (C=O) groups excluding carboxylic acids is 1. The van der Waals surface area contributed by atoms with Gasteiger partial charge in [-0.2, -0.15) is 0 Å². The van der Waals surface area contributed by atoms with Crippen LogP contribution in [0.4, 0.5) is 5.69 Å². The molecule has 0 spiro atoms. The summed E-state index contributed by atoms with van der Waals surface area (Å²) in [5.41, 5.74) is 4.43. The van der Waals surface area contributed by atoms with E-state index < -0.39 is 0 Å². The van der Waals surface area contributed by atoms with Crippen LogP contribution in [-0.4, -0.2) is 33.9 Å². The van der Waals surface area contributed by atoms with Crippen LogP contribution >= 0.6 is 15.9 Å². The van der Waals surface area contributed by atoms with Crippen molar-refractivity contribution in [1.29, 1.82) is 0 Å². The van der Waals surface area contributed by atoms with Crippen LogP contribution in [0.25, 0.3) is 11.0 Å². The van der Waals surface area contributed by atoms with E-state index in [1.165, 1.54) is 0 Å². The summed E-state index contributed by atoms with van der Waals surface area (Å²) in [6, 6.07) is 11.6. The number of fused-ring (bicyclic) bond motifs is 1. The minimum Gasteiger partial charge on any atom is -0.379 e. The Hall–Kier alpha value is -2.47. The Morgan fingerprint density at radius 3 is 2.54 bits per heavy atom. The molecule has 0 aliphatic rings. The summed E-state index contributed by atoms with van der Waals surface area (Å²) >= 11 is 3.42. The summed E-state index contributed by atoms with van der Waals surface area (Å²) in [6.07, 6.45) is 3.54. The highest BCUT2D eigenvalue weighted by Gasteiger charge is 2.12. The van der Waals surface area contributed by atoms with Gasteiger partial charge in [0.25, 0.3) is 5.91 Å². The van der Waals surface area contributed by atoms with E-state index in [4.69, 9.17) is 0 Å². The van der Waals surface area contributed by atoms with Crippen LogP contribution < -0.4 is 5.32 Å². The Kier molecular flexibility index (Phi) is 5.83. The predicted molar refractivity (Wildman–Crippen MR) is 108 cm³/mol. The number of anilines is 1. The highest BCUT2D eigenvalue weighted by Crippen LogP contribution is 2.22. The van der Waals surface area contributed by atoms with E-state index in [9.17, 15) is 4.79 Å². The summed E-state index contributed by atoms with van der Waals surface area (Å²) in [5.74, 6) is 0.0735. The molecule has 1 N–H and O–H groups in total. The molecule has 0 fully saturated rings. The first-order valence-corrected chi connectivity index (χ1v) is 9.44. The highest BCUT2D eigenvalue weighted by atomic mass is 79.9. The molecule has 134 valence electrons. The third-order valence-corrected chi connectivity index (χ3v) is 4.71. The number of carbonyl (C=O) groups is 1. The van der Waals surface area contributed by atoms with Gasteiger partial charge in [0, 0.05) is 42.1 Å². The van der Waals surface area contributed by atoms with Crippen molar-refractivity contribution in [3.05, 3.63) is 64.4 Å². The maximum Gasteiger partial charge on any atom is 0.253 e. The van der Waals surface area contributed by atoms with Gasteiger partial charge >= 0.3 is 0 Å². The van der Waals surface area contributed by atoms with Crippen molar-refractivity contribution in [1.82, 2.24) is 14.9 Å². The third kappa shape index (κ3) is 4.02. The molecule has 0 atom stereocenters. The highest BCUT2D eigenvalue weighted by molar-refractivity contribution is 9.10. The average molecular weight is 413 g/mol. The van der Waals surface area contributed by atoms with Gasteiger partial charge in [-0.1, -0.05) is 12.1 Å². The Bertz CT molecular complexity index is 907. The maximum atomic E-state index is 12.4. The van der Waals surface area contributed by atoms with Crippen molar-refractivity contribution >= 4 is 38.6 Å². The van der Waals surface area contributed by atoms with Gasteiger partial charge in [-0.15, -0.1) is 0 Å². The number of nitrogens with zero attached hydrogens (tertiary/aromatic N) is 3. The van der Waals surface area contributed by atoms with Gasteiger partial charge in [0.2, 0.25) is 0 Å². The topological polar surface area (TPSA) is 58.1 Å². The number of amides is 1. The lowest BCUT2D eigenvalue weighted by Crippen LogP contribution is -2.30. The van der Waals surface area contributed by atoms with Crippen LogP contribution in [0.1, 0.15) is 29.8 Å². The van der Waals surface area contributed by atoms with Crippen LogP contribution in [0.3, 0.4) is 0 Å². The summed E-state index contributed by atoms with van der Waals surface area (Å²) < 4.78 is 0.906. The fourth-order valence-corrected chi connectivity index (χ4v) is 3.12. The van der Waals surface area contributed by atoms with Crippen LogP contribution in [0.2, 0.25) is 0 Å². The van der Waals surface area contributed by atoms with Crippen molar-refractivity contribution in [2.24, 2.45) is 0 Å². The molecule has 0 radical (unpaired) electrons. The van der Waals surface area contributed by atoms with E-state index in [0.29, 0.717) is 6.54 Å². The number of benzene rings is 1. The lowest BCUT2D eigenvalue weighted by atomic mass is 10.1. The molecule has 5 nitrogen and oxygen atoms in total. The van der Waals surface area contributed by atoms with Gasteiger partial charge in [0.1, 0.15) is 5.52 Å². The molecule has 1 aromatic carbocycles. The zero-order chi connectivity index (χ0) is 18.5. The van der Waals surface area contributed by atoms with Gasteiger partial charge < -0.3 is 10.2 Å². The SMILES string of the molecule is CCN(CC)C(=O)c1ccc(CNc2ccnc3cc(Br)cnc23)cc1. The lowest BCUT2D eigenvalue weighted by molar-refractivity contribution is 0.0773. The number of hydrogen-bond donors (Lipinski definition) is 1. The molecule has 0 aliphatic carbocycles. The van der Waals surface area contributed by atoms with Crippen LogP contribution in [0, 0.1) is 0 Å². The fourth-order valence-electron chi connectivity index (χ4n) is 2.80. The van der Waals surface area contributed by atoms with Gasteiger partial charge in [-0.3, -0.25) is 14.8 Å². The molecule has 0 aliphatic heterocycles. The molecule has 26 heavy (non-hydrogen) atoms. The van der Waals surface area contributed by atoms with Crippen LogP contribution in [-0.2, 0) is 6.54 Å². The summed E-state index contributed by atoms with van der Waals surface area (Å²) in [4.78, 5) is 23.0. The minimum absolute atomic E-state index is 0.0735. The first-order chi connectivity index (χ1) is 12.6. The molecule has 0 unspecified atom stereocenters. The van der Waals surface area contributed by atoms with Crippen LogP contribution in [0.5, 0.6) is 0 Å². The second-order valence-corrected chi connectivity index (χ2v) is 6.82. The largest absolute Gasteiger partial charge is 0.379 e. The Labute approximate surface area is 161 Å². The zero-order valence-electron chi connectivity index (χ0n) is 14.9. The Morgan fingerprint density at radius 2 is 1.85 bits per heavy atom. The van der Waals surface area contributed by atoms with Crippen LogP contribution in [0.15, 0.2) is 53.3 Å². The van der Waals surface area contributed by atoms with E-state index in [-0.39, 0.29) is 5.91 Å². The first kappa shape index (κ1) is 18.3. The van der Waals surface area contributed by atoms with Crippen molar-refractivity contribution in [2.75, 3.05) is 18.4 Å². The van der Waals surface area contributed by atoms with Crippen molar-refractivity contribution in [2.45, 2.75) is 20.4 Å². The first-order valence-electron chi connectivity index (χ1n) is 8.64. The molecule has 2 aromatic heterocycles. The summed E-state index contributed by atoms with van der Waals surface area (Å²) in [7, 11) is 0. The van der Waals surface area contributed by atoms with Gasteiger partial charge in [-0.05, 0) is 59.6 Å². The molecular weight excluding hydrogens is 392 g/mol. The van der Waals surface area contributed by atoms with Crippen molar-refractivity contribution < 1.29 is 4.79 Å². The molecule has 0 bridgehead atoms. The number of aromatic nitrogens is 2. The van der Waals surface area contributed by atoms with E-state index >= 15 is 0 Å². The van der Waals surface area contributed by atoms with Gasteiger partial charge in [0.15, 0.2) is 0 Å². The predicted octanol–water partition coefficient (Wildman–Crippen LogP) is 4.49. The molecular formula is C20H21BrN4O. The smallest absolute Gasteiger partial charge is 0.253 e. The molecule has 6 heteroatoms. The number of nitrogens with one attached hydrogen (secondary N) is 1. The Balaban J connectivity index is 1.72. The van der Waals surface area contributed by atoms with Gasteiger partial charge in [0.05, 0.1) is 11.2 Å². The number of pyridine rings is 2. The standard InChI is InChI=1S/C20H21BrN4O/c1-3-25(4-2)20(26)15-7-5-14(6-8-15)12-23-17-9-10-22-18-11-16(21)13-24-19(17)18/h5-11,13H,3-4,12H2,1-2H3,(H,22,23). The zero-order valence-corrected chi connectivity index (χ0v) is 16.5. The molecule has 1 amide bonds. The van der Waals surface area contributed by atoms with Crippen molar-refractivity contribution in [3.63, 3.8) is 0 Å². The number of halogens is 1. The molecule has 3 aromatic rings. The number of hydrogen-bond acceptors (Lipinski definition) is 4.